The van der Waals surface area contributed by atoms with Crippen LogP contribution >= 0.6 is 11.3 Å². The van der Waals surface area contributed by atoms with Crippen molar-refractivity contribution in [3.8, 4) is 10.4 Å². The van der Waals surface area contributed by atoms with Gasteiger partial charge in [0.15, 0.2) is 0 Å². The van der Waals surface area contributed by atoms with E-state index in [-0.39, 0.29) is 5.41 Å². The van der Waals surface area contributed by atoms with Crippen molar-refractivity contribution in [3.05, 3.63) is 59.7 Å². The van der Waals surface area contributed by atoms with E-state index in [1.165, 1.54) is 38.9 Å². The zero-order chi connectivity index (χ0) is 13.7. The third-order valence-electron chi connectivity index (χ3n) is 4.97. The number of hydrogen-bond acceptors (Lipinski definition) is 1. The molecule has 1 aromatic heterocycles. The molecule has 0 saturated carbocycles. The molecule has 0 radical (unpaired) electrons. The quantitative estimate of drug-likeness (QED) is 0.540. The maximum absolute atomic E-state index is 2.34. The van der Waals surface area contributed by atoms with Crippen molar-refractivity contribution in [2.45, 2.75) is 32.1 Å². The monoisotopic (exact) mass is 278 g/mol. The van der Waals surface area contributed by atoms with Crippen LogP contribution in [0.2, 0.25) is 0 Å². The normalized spacial score (nSPS) is 15.3. The summed E-state index contributed by atoms with van der Waals surface area (Å²) in [6, 6.07) is 17.9. The minimum Gasteiger partial charge on any atom is -0.135 e. The summed E-state index contributed by atoms with van der Waals surface area (Å²) in [6.45, 7) is 4.67. The van der Waals surface area contributed by atoms with Crippen molar-refractivity contribution < 1.29 is 0 Å². The van der Waals surface area contributed by atoms with Gasteiger partial charge in [-0.2, -0.15) is 0 Å². The standard InChI is InChI=1S/C19H18S/c1-3-19(4-2)15-11-7-5-9-13(15)18-17(19)14-10-6-8-12-16(14)20-18/h5-12H,3-4H2,1-2H3. The first-order valence-electron chi connectivity index (χ1n) is 7.43. The largest absolute Gasteiger partial charge is 0.135 e. The van der Waals surface area contributed by atoms with Crippen LogP contribution in [0.15, 0.2) is 48.5 Å². The van der Waals surface area contributed by atoms with Gasteiger partial charge in [-0.15, -0.1) is 11.3 Å². The smallest absolute Gasteiger partial charge is 0.0399 e. The number of fused-ring (bicyclic) bond motifs is 5. The minimum atomic E-state index is 0.214. The molecule has 0 fully saturated rings. The van der Waals surface area contributed by atoms with Gasteiger partial charge in [-0.3, -0.25) is 0 Å². The Labute approximate surface area is 124 Å². The van der Waals surface area contributed by atoms with Gasteiger partial charge in [-0.05, 0) is 41.0 Å². The van der Waals surface area contributed by atoms with Crippen LogP contribution in [0.5, 0.6) is 0 Å². The lowest BCUT2D eigenvalue weighted by atomic mass is 9.73. The highest BCUT2D eigenvalue weighted by atomic mass is 32.1. The van der Waals surface area contributed by atoms with Crippen molar-refractivity contribution in [1.82, 2.24) is 0 Å². The molecule has 4 rings (SSSR count). The summed E-state index contributed by atoms with van der Waals surface area (Å²) >= 11 is 1.96. The maximum atomic E-state index is 2.34. The summed E-state index contributed by atoms with van der Waals surface area (Å²) in [6.07, 6.45) is 2.35. The summed E-state index contributed by atoms with van der Waals surface area (Å²) in [5.41, 5.74) is 4.81. The molecule has 0 nitrogen and oxygen atoms in total. The Morgan fingerprint density at radius 3 is 2.40 bits per heavy atom. The zero-order valence-electron chi connectivity index (χ0n) is 11.9. The highest BCUT2D eigenvalue weighted by Gasteiger charge is 2.42. The van der Waals surface area contributed by atoms with Gasteiger partial charge in [0.1, 0.15) is 0 Å². The topological polar surface area (TPSA) is 0 Å². The van der Waals surface area contributed by atoms with E-state index in [4.69, 9.17) is 0 Å². The lowest BCUT2D eigenvalue weighted by Crippen LogP contribution is -2.22. The van der Waals surface area contributed by atoms with Gasteiger partial charge in [0.2, 0.25) is 0 Å². The molecule has 0 N–H and O–H groups in total. The zero-order valence-corrected chi connectivity index (χ0v) is 12.8. The van der Waals surface area contributed by atoms with Crippen LogP contribution in [0.4, 0.5) is 0 Å². The summed E-state index contributed by atoms with van der Waals surface area (Å²) in [5.74, 6) is 0. The first-order chi connectivity index (χ1) is 9.81. The maximum Gasteiger partial charge on any atom is 0.0399 e. The van der Waals surface area contributed by atoms with E-state index in [9.17, 15) is 0 Å². The second kappa shape index (κ2) is 4.20. The second-order valence-electron chi connectivity index (χ2n) is 5.64. The highest BCUT2D eigenvalue weighted by molar-refractivity contribution is 7.22. The van der Waals surface area contributed by atoms with E-state index in [2.05, 4.69) is 62.4 Å². The Hall–Kier alpha value is -1.60. The number of thiophene rings is 1. The van der Waals surface area contributed by atoms with E-state index >= 15 is 0 Å². The average molecular weight is 278 g/mol. The van der Waals surface area contributed by atoms with Gasteiger partial charge in [-0.25, -0.2) is 0 Å². The third kappa shape index (κ3) is 1.31. The SMILES string of the molecule is CCC1(CC)c2ccccc2-c2sc3ccccc3c21. The van der Waals surface area contributed by atoms with Gasteiger partial charge in [-0.1, -0.05) is 56.3 Å². The van der Waals surface area contributed by atoms with Gasteiger partial charge < -0.3 is 0 Å². The highest BCUT2D eigenvalue weighted by Crippen LogP contribution is 2.57. The Morgan fingerprint density at radius 2 is 1.60 bits per heavy atom. The molecule has 0 aliphatic heterocycles. The van der Waals surface area contributed by atoms with E-state index in [0.717, 1.165) is 0 Å². The van der Waals surface area contributed by atoms with Crippen molar-refractivity contribution in [3.63, 3.8) is 0 Å². The van der Waals surface area contributed by atoms with Crippen molar-refractivity contribution in [2.24, 2.45) is 0 Å². The van der Waals surface area contributed by atoms with Crippen LogP contribution in [-0.4, -0.2) is 0 Å². The van der Waals surface area contributed by atoms with E-state index in [1.807, 2.05) is 11.3 Å². The fourth-order valence-electron chi connectivity index (χ4n) is 3.93. The molecule has 0 spiro atoms. The van der Waals surface area contributed by atoms with Crippen molar-refractivity contribution in [1.29, 1.82) is 0 Å². The third-order valence-corrected chi connectivity index (χ3v) is 6.17. The van der Waals surface area contributed by atoms with Gasteiger partial charge in [0, 0.05) is 15.0 Å². The second-order valence-corrected chi connectivity index (χ2v) is 6.69. The van der Waals surface area contributed by atoms with Crippen LogP contribution < -0.4 is 0 Å². The Morgan fingerprint density at radius 1 is 0.900 bits per heavy atom. The molecular formula is C19H18S. The molecule has 2 aromatic carbocycles. The molecule has 1 aliphatic carbocycles. The van der Waals surface area contributed by atoms with Gasteiger partial charge in [0.25, 0.3) is 0 Å². The van der Waals surface area contributed by atoms with Crippen molar-refractivity contribution in [2.75, 3.05) is 0 Å². The molecule has 0 saturated heterocycles. The van der Waals surface area contributed by atoms with Gasteiger partial charge >= 0.3 is 0 Å². The molecular weight excluding hydrogens is 260 g/mol. The van der Waals surface area contributed by atoms with Crippen LogP contribution in [-0.2, 0) is 5.41 Å². The number of hydrogen-bond donors (Lipinski definition) is 0. The summed E-state index contributed by atoms with van der Waals surface area (Å²) in [5, 5.41) is 1.47. The summed E-state index contributed by atoms with van der Waals surface area (Å²) in [7, 11) is 0. The number of rotatable bonds is 2. The molecule has 1 aliphatic rings. The first-order valence-corrected chi connectivity index (χ1v) is 8.25. The molecule has 1 heterocycles. The van der Waals surface area contributed by atoms with Gasteiger partial charge in [0.05, 0.1) is 0 Å². The fraction of sp³-hybridized carbons (Fsp3) is 0.263. The average Bonchev–Trinajstić information content (AvgIpc) is 3.01. The lowest BCUT2D eigenvalue weighted by molar-refractivity contribution is 0.494. The van der Waals surface area contributed by atoms with Crippen LogP contribution in [0, 0.1) is 0 Å². The predicted molar refractivity (Wildman–Crippen MR) is 88.6 cm³/mol. The van der Waals surface area contributed by atoms with Crippen LogP contribution in [0.25, 0.3) is 20.5 Å². The van der Waals surface area contributed by atoms with Crippen LogP contribution in [0.1, 0.15) is 37.8 Å². The first kappa shape index (κ1) is 12.2. The molecule has 0 atom stereocenters. The molecule has 0 amide bonds. The Balaban J connectivity index is 2.18. The molecule has 20 heavy (non-hydrogen) atoms. The summed E-state index contributed by atoms with van der Waals surface area (Å²) in [4.78, 5) is 1.51. The molecule has 0 unspecified atom stereocenters. The minimum absolute atomic E-state index is 0.214. The molecule has 1 heteroatoms. The van der Waals surface area contributed by atoms with E-state index in [1.54, 1.807) is 5.56 Å². The van der Waals surface area contributed by atoms with E-state index < -0.39 is 0 Å². The van der Waals surface area contributed by atoms with E-state index in [0.29, 0.717) is 0 Å². The van der Waals surface area contributed by atoms with Crippen LogP contribution in [0.3, 0.4) is 0 Å². The Bertz CT molecular complexity index is 790. The van der Waals surface area contributed by atoms with Crippen molar-refractivity contribution >= 4 is 21.4 Å². The Kier molecular flexibility index (Phi) is 2.55. The fourth-order valence-corrected chi connectivity index (χ4v) is 5.27. The summed E-state index contributed by atoms with van der Waals surface area (Å²) < 4.78 is 1.43. The lowest BCUT2D eigenvalue weighted by Gasteiger charge is -2.29. The predicted octanol–water partition coefficient (Wildman–Crippen LogP) is 5.99. The molecule has 100 valence electrons. The molecule has 0 bridgehead atoms. The molecule has 3 aromatic rings. The number of benzene rings is 2.